The number of nitrogens with two attached hydrogens (primary N) is 1. The number of hydrazone groups is 1. The fraction of sp³-hybridized carbons (Fsp3) is 0.143. The summed E-state index contributed by atoms with van der Waals surface area (Å²) in [5, 5.41) is 4.44. The van der Waals surface area contributed by atoms with Crippen LogP contribution in [0.15, 0.2) is 65.8 Å². The number of hydrogen-bond acceptors (Lipinski definition) is 4. The summed E-state index contributed by atoms with van der Waals surface area (Å²) in [5.74, 6) is 5.78. The topological polar surface area (TPSA) is 54.5 Å². The Morgan fingerprint density at radius 1 is 0.966 bits per heavy atom. The predicted molar refractivity (Wildman–Crippen MR) is 110 cm³/mol. The van der Waals surface area contributed by atoms with Crippen LogP contribution in [0.5, 0.6) is 0 Å². The van der Waals surface area contributed by atoms with Crippen LogP contribution in [0.4, 0.5) is 19.0 Å². The largest absolute Gasteiger partial charge is 0.416 e. The van der Waals surface area contributed by atoms with E-state index in [1.807, 2.05) is 0 Å². The Bertz CT molecular complexity index is 1030. The molecular weight excluding hydrogens is 401 g/mol. The smallest absolute Gasteiger partial charge is 0.363 e. The summed E-state index contributed by atoms with van der Waals surface area (Å²) in [7, 11) is 3.29. The van der Waals surface area contributed by atoms with Crippen molar-refractivity contribution in [3.63, 3.8) is 0 Å². The van der Waals surface area contributed by atoms with E-state index in [0.717, 1.165) is 23.3 Å². The molecule has 0 radical (unpaired) electrons. The molecule has 0 atom stereocenters. The molecule has 0 aliphatic heterocycles. The molecule has 0 aliphatic carbocycles. The van der Waals surface area contributed by atoms with Crippen LogP contribution in [0.1, 0.15) is 16.7 Å². The van der Waals surface area contributed by atoms with Gasteiger partial charge in [-0.2, -0.15) is 18.3 Å². The van der Waals surface area contributed by atoms with Crippen LogP contribution in [-0.2, 0) is 6.18 Å². The first-order chi connectivity index (χ1) is 13.7. The van der Waals surface area contributed by atoms with Crippen molar-refractivity contribution in [3.8, 4) is 11.3 Å². The van der Waals surface area contributed by atoms with Gasteiger partial charge in [0.15, 0.2) is 0 Å². The average molecular weight is 419 g/mol. The molecule has 1 aromatic heterocycles. The normalized spacial score (nSPS) is 12.1. The first-order valence-corrected chi connectivity index (χ1v) is 8.98. The second-order valence-electron chi connectivity index (χ2n) is 6.55. The van der Waals surface area contributed by atoms with E-state index < -0.39 is 11.7 Å². The minimum Gasteiger partial charge on any atom is -0.363 e. The van der Waals surface area contributed by atoms with Gasteiger partial charge in [-0.3, -0.25) is 0 Å². The van der Waals surface area contributed by atoms with Gasteiger partial charge in [-0.15, -0.1) is 0 Å². The molecule has 150 valence electrons. The molecule has 0 unspecified atom stereocenters. The highest BCUT2D eigenvalue weighted by Gasteiger charge is 2.32. The zero-order chi connectivity index (χ0) is 21.2. The van der Waals surface area contributed by atoms with Gasteiger partial charge in [0.2, 0.25) is 0 Å². The second kappa shape index (κ2) is 8.13. The summed E-state index contributed by atoms with van der Waals surface area (Å²) in [4.78, 5) is 5.87. The van der Waals surface area contributed by atoms with Crippen molar-refractivity contribution in [1.29, 1.82) is 0 Å². The summed E-state index contributed by atoms with van der Waals surface area (Å²) in [6.45, 7) is 0. The maximum Gasteiger partial charge on any atom is 0.416 e. The van der Waals surface area contributed by atoms with Gasteiger partial charge in [-0.1, -0.05) is 48.0 Å². The molecule has 3 aromatic rings. The van der Waals surface area contributed by atoms with Gasteiger partial charge in [0, 0.05) is 35.8 Å². The minimum absolute atomic E-state index is 0.226. The lowest BCUT2D eigenvalue weighted by Gasteiger charge is -2.16. The molecule has 3 rings (SSSR count). The van der Waals surface area contributed by atoms with Crippen molar-refractivity contribution in [1.82, 2.24) is 4.98 Å². The zero-order valence-corrected chi connectivity index (χ0v) is 16.5. The second-order valence-corrected chi connectivity index (χ2v) is 6.99. The molecule has 2 N–H and O–H groups in total. The molecule has 0 saturated carbocycles. The molecule has 4 nitrogen and oxygen atoms in total. The number of rotatable bonds is 4. The van der Waals surface area contributed by atoms with E-state index in [1.54, 1.807) is 62.6 Å². The van der Waals surface area contributed by atoms with Crippen LogP contribution in [0, 0.1) is 0 Å². The average Bonchev–Trinajstić information content (AvgIpc) is 2.69. The molecule has 0 saturated heterocycles. The third-order valence-corrected chi connectivity index (χ3v) is 4.55. The Labute approximate surface area is 171 Å². The van der Waals surface area contributed by atoms with E-state index in [2.05, 4.69) is 10.1 Å². The number of aromatic nitrogens is 1. The molecular formula is C21H18ClF3N4. The van der Waals surface area contributed by atoms with Crippen molar-refractivity contribution >= 4 is 23.1 Å². The van der Waals surface area contributed by atoms with E-state index in [-0.39, 0.29) is 11.5 Å². The van der Waals surface area contributed by atoms with Crippen LogP contribution in [0.3, 0.4) is 0 Å². The maximum atomic E-state index is 13.3. The number of benzene rings is 2. The fourth-order valence-electron chi connectivity index (χ4n) is 2.78. The fourth-order valence-corrected chi connectivity index (χ4v) is 2.90. The number of alkyl halides is 3. The van der Waals surface area contributed by atoms with Gasteiger partial charge < -0.3 is 10.7 Å². The summed E-state index contributed by atoms with van der Waals surface area (Å²) in [6, 6.07) is 16.0. The summed E-state index contributed by atoms with van der Waals surface area (Å²) >= 11 is 5.91. The number of halogens is 4. The van der Waals surface area contributed by atoms with Crippen molar-refractivity contribution in [2.24, 2.45) is 10.9 Å². The summed E-state index contributed by atoms with van der Waals surface area (Å²) < 4.78 is 39.8. The van der Waals surface area contributed by atoms with Crippen molar-refractivity contribution < 1.29 is 13.2 Å². The molecule has 29 heavy (non-hydrogen) atoms. The first-order valence-electron chi connectivity index (χ1n) is 8.60. The third-order valence-electron chi connectivity index (χ3n) is 4.30. The Balaban J connectivity index is 2.00. The van der Waals surface area contributed by atoms with Crippen LogP contribution in [0.2, 0.25) is 5.02 Å². The Kier molecular flexibility index (Phi) is 5.79. The summed E-state index contributed by atoms with van der Waals surface area (Å²) in [6.07, 6.45) is -4.46. The Morgan fingerprint density at radius 2 is 1.52 bits per heavy atom. The van der Waals surface area contributed by atoms with Crippen LogP contribution < -0.4 is 10.7 Å². The lowest BCUT2D eigenvalue weighted by atomic mass is 10.00. The van der Waals surface area contributed by atoms with Gasteiger partial charge in [0.05, 0.1) is 17.0 Å². The van der Waals surface area contributed by atoms with Crippen LogP contribution >= 0.6 is 11.6 Å². The predicted octanol–water partition coefficient (Wildman–Crippen LogP) is 5.20. The van der Waals surface area contributed by atoms with Gasteiger partial charge >= 0.3 is 6.18 Å². The monoisotopic (exact) mass is 418 g/mol. The highest BCUT2D eigenvalue weighted by atomic mass is 35.5. The Morgan fingerprint density at radius 3 is 2.00 bits per heavy atom. The highest BCUT2D eigenvalue weighted by Crippen LogP contribution is 2.34. The molecule has 0 fully saturated rings. The lowest BCUT2D eigenvalue weighted by Crippen LogP contribution is -2.14. The number of anilines is 1. The molecule has 0 amide bonds. The highest BCUT2D eigenvalue weighted by molar-refractivity contribution is 6.30. The third kappa shape index (κ3) is 4.68. The van der Waals surface area contributed by atoms with Crippen molar-refractivity contribution in [2.45, 2.75) is 6.18 Å². The van der Waals surface area contributed by atoms with E-state index in [0.29, 0.717) is 16.3 Å². The van der Waals surface area contributed by atoms with E-state index in [9.17, 15) is 13.2 Å². The first kappa shape index (κ1) is 20.7. The van der Waals surface area contributed by atoms with Gasteiger partial charge in [0.25, 0.3) is 0 Å². The maximum absolute atomic E-state index is 13.3. The molecule has 2 aromatic carbocycles. The minimum atomic E-state index is -4.46. The number of hydrogen-bond donors (Lipinski definition) is 1. The van der Waals surface area contributed by atoms with Crippen LogP contribution in [-0.4, -0.2) is 24.8 Å². The molecule has 8 heteroatoms. The molecule has 0 bridgehead atoms. The number of pyridine rings is 1. The van der Waals surface area contributed by atoms with Crippen molar-refractivity contribution in [3.05, 3.63) is 82.4 Å². The quantitative estimate of drug-likeness (QED) is 0.360. The zero-order valence-electron chi connectivity index (χ0n) is 15.7. The van der Waals surface area contributed by atoms with Gasteiger partial charge in [-0.05, 0) is 24.3 Å². The van der Waals surface area contributed by atoms with Crippen LogP contribution in [0.25, 0.3) is 11.3 Å². The van der Waals surface area contributed by atoms with Crippen molar-refractivity contribution in [2.75, 3.05) is 19.0 Å². The van der Waals surface area contributed by atoms with E-state index in [4.69, 9.17) is 17.4 Å². The van der Waals surface area contributed by atoms with Gasteiger partial charge in [-0.25, -0.2) is 4.98 Å². The molecule has 0 aliphatic rings. The van der Waals surface area contributed by atoms with E-state index in [1.165, 1.54) is 4.90 Å². The summed E-state index contributed by atoms with van der Waals surface area (Å²) in [5.41, 5.74) is 2.07. The lowest BCUT2D eigenvalue weighted by molar-refractivity contribution is -0.137. The molecule has 1 heterocycles. The SMILES string of the molecule is CN(C)c1cc(C(F)(F)F)cc(-c2ccc(/C(=N/N)c3ccc(Cl)cc3)cc2)n1. The van der Waals surface area contributed by atoms with Gasteiger partial charge in [0.1, 0.15) is 5.82 Å². The Hall–Kier alpha value is -3.06. The standard InChI is InChI=1S/C21H18ClF3N4/c1-29(2)19-12-16(21(23,24)25)11-18(27-19)13-3-5-14(6-4-13)20(28-26)15-7-9-17(22)10-8-15/h3-12H,26H2,1-2H3/b28-20-. The number of nitrogens with zero attached hydrogens (tertiary/aromatic N) is 3. The molecule has 0 spiro atoms. The van der Waals surface area contributed by atoms with E-state index >= 15 is 0 Å².